The van der Waals surface area contributed by atoms with Crippen LogP contribution in [0.4, 0.5) is 0 Å². The summed E-state index contributed by atoms with van der Waals surface area (Å²) in [6, 6.07) is 15.3. The predicted molar refractivity (Wildman–Crippen MR) is 81.7 cm³/mol. The van der Waals surface area contributed by atoms with Crippen LogP contribution >= 0.6 is 27.7 Å². The van der Waals surface area contributed by atoms with Gasteiger partial charge in [-0.2, -0.15) is 0 Å². The van der Waals surface area contributed by atoms with Crippen LogP contribution in [0.1, 0.15) is 0 Å². The summed E-state index contributed by atoms with van der Waals surface area (Å²) in [4.78, 5) is 5.43. The highest BCUT2D eigenvalue weighted by Gasteiger charge is 2.08. The average Bonchev–Trinajstić information content (AvgIpc) is 2.44. The molecule has 0 spiro atoms. The maximum Gasteiger partial charge on any atom is 0.123 e. The number of aromatic hydroxyl groups is 1. The van der Waals surface area contributed by atoms with Gasteiger partial charge in [0.15, 0.2) is 0 Å². The number of aromatic nitrogens is 1. The zero-order valence-corrected chi connectivity index (χ0v) is 12.3. The standard InChI is InChI=1S/C15H10BrNOS/c16-12-6-3-9-17-15(12)19-14-8-7-13(18)10-4-1-2-5-11(10)14/h1-9,18H. The van der Waals surface area contributed by atoms with E-state index in [2.05, 4.69) is 20.9 Å². The highest BCUT2D eigenvalue weighted by molar-refractivity contribution is 9.10. The molecule has 0 aliphatic carbocycles. The van der Waals surface area contributed by atoms with E-state index in [1.54, 1.807) is 24.0 Å². The maximum atomic E-state index is 9.88. The lowest BCUT2D eigenvalue weighted by atomic mass is 10.1. The van der Waals surface area contributed by atoms with E-state index in [1.165, 1.54) is 0 Å². The molecule has 0 bridgehead atoms. The lowest BCUT2D eigenvalue weighted by Gasteiger charge is -2.08. The molecular weight excluding hydrogens is 322 g/mol. The van der Waals surface area contributed by atoms with Gasteiger partial charge in [-0.15, -0.1) is 0 Å². The third kappa shape index (κ3) is 2.46. The molecule has 0 radical (unpaired) electrons. The summed E-state index contributed by atoms with van der Waals surface area (Å²) >= 11 is 5.08. The number of phenols is 1. The fourth-order valence-corrected chi connectivity index (χ4v) is 3.30. The normalized spacial score (nSPS) is 10.8. The van der Waals surface area contributed by atoms with E-state index < -0.39 is 0 Å². The molecular formula is C15H10BrNOS. The molecule has 0 saturated carbocycles. The molecule has 0 unspecified atom stereocenters. The topological polar surface area (TPSA) is 33.1 Å². The van der Waals surface area contributed by atoms with Crippen LogP contribution in [0.25, 0.3) is 10.8 Å². The molecule has 3 rings (SSSR count). The Morgan fingerprint density at radius 3 is 2.53 bits per heavy atom. The fourth-order valence-electron chi connectivity index (χ4n) is 1.89. The van der Waals surface area contributed by atoms with Crippen LogP contribution < -0.4 is 0 Å². The van der Waals surface area contributed by atoms with Crippen molar-refractivity contribution in [1.29, 1.82) is 0 Å². The molecule has 0 fully saturated rings. The molecule has 0 aliphatic heterocycles. The van der Waals surface area contributed by atoms with E-state index in [9.17, 15) is 5.11 Å². The number of pyridine rings is 1. The molecule has 2 nitrogen and oxygen atoms in total. The fraction of sp³-hybridized carbons (Fsp3) is 0. The van der Waals surface area contributed by atoms with Gasteiger partial charge in [-0.3, -0.25) is 0 Å². The lowest BCUT2D eigenvalue weighted by Crippen LogP contribution is -1.83. The summed E-state index contributed by atoms with van der Waals surface area (Å²) in [7, 11) is 0. The number of rotatable bonds is 2. The summed E-state index contributed by atoms with van der Waals surface area (Å²) in [6.07, 6.45) is 1.77. The summed E-state index contributed by atoms with van der Waals surface area (Å²) in [6.45, 7) is 0. The Balaban J connectivity index is 2.12. The summed E-state index contributed by atoms with van der Waals surface area (Å²) in [5.74, 6) is 0.306. The second kappa shape index (κ2) is 5.23. The van der Waals surface area contributed by atoms with Gasteiger partial charge in [-0.05, 0) is 45.6 Å². The zero-order valence-electron chi connectivity index (χ0n) is 9.88. The van der Waals surface area contributed by atoms with Crippen molar-refractivity contribution in [2.75, 3.05) is 0 Å². The zero-order chi connectivity index (χ0) is 13.2. The first-order chi connectivity index (χ1) is 9.25. The van der Waals surface area contributed by atoms with E-state index in [-0.39, 0.29) is 0 Å². The Bertz CT molecular complexity index is 745. The summed E-state index contributed by atoms with van der Waals surface area (Å²) in [5.41, 5.74) is 0. The third-order valence-electron chi connectivity index (χ3n) is 2.79. The molecule has 4 heteroatoms. The molecule has 1 N–H and O–H groups in total. The van der Waals surface area contributed by atoms with Gasteiger partial charge in [-0.1, -0.05) is 36.0 Å². The lowest BCUT2D eigenvalue weighted by molar-refractivity contribution is 0.481. The molecule has 1 heterocycles. The van der Waals surface area contributed by atoms with Crippen molar-refractivity contribution in [3.8, 4) is 5.75 Å². The van der Waals surface area contributed by atoms with Gasteiger partial charge in [0.2, 0.25) is 0 Å². The number of hydrogen-bond acceptors (Lipinski definition) is 3. The Hall–Kier alpha value is -1.52. The van der Waals surface area contributed by atoms with Gasteiger partial charge >= 0.3 is 0 Å². The molecule has 94 valence electrons. The monoisotopic (exact) mass is 331 g/mol. The first-order valence-corrected chi connectivity index (χ1v) is 7.36. The second-order valence-corrected chi connectivity index (χ2v) is 5.91. The average molecular weight is 332 g/mol. The highest BCUT2D eigenvalue weighted by Crippen LogP contribution is 2.38. The number of fused-ring (bicyclic) bond motifs is 1. The smallest absolute Gasteiger partial charge is 0.123 e. The van der Waals surface area contributed by atoms with Gasteiger partial charge in [0.1, 0.15) is 10.8 Å². The Morgan fingerprint density at radius 1 is 0.947 bits per heavy atom. The predicted octanol–water partition coefficient (Wildman–Crippen LogP) is 4.85. The first-order valence-electron chi connectivity index (χ1n) is 5.75. The SMILES string of the molecule is Oc1ccc(Sc2ncccc2Br)c2ccccc12. The van der Waals surface area contributed by atoms with Gasteiger partial charge in [0.25, 0.3) is 0 Å². The van der Waals surface area contributed by atoms with E-state index >= 15 is 0 Å². The van der Waals surface area contributed by atoms with Crippen molar-refractivity contribution in [2.24, 2.45) is 0 Å². The molecule has 1 aromatic heterocycles. The quantitative estimate of drug-likeness (QED) is 0.728. The Kier molecular flexibility index (Phi) is 3.44. The van der Waals surface area contributed by atoms with Crippen LogP contribution in [0.15, 0.2) is 69.1 Å². The van der Waals surface area contributed by atoms with E-state index in [4.69, 9.17) is 0 Å². The van der Waals surface area contributed by atoms with Crippen molar-refractivity contribution in [3.05, 3.63) is 59.2 Å². The van der Waals surface area contributed by atoms with Crippen LogP contribution in [-0.2, 0) is 0 Å². The molecule has 0 amide bonds. The van der Waals surface area contributed by atoms with Crippen LogP contribution in [0.3, 0.4) is 0 Å². The van der Waals surface area contributed by atoms with Gasteiger partial charge in [-0.25, -0.2) is 4.98 Å². The van der Waals surface area contributed by atoms with Crippen LogP contribution in [0.5, 0.6) is 5.75 Å². The molecule has 0 aliphatic rings. The minimum Gasteiger partial charge on any atom is -0.507 e. The van der Waals surface area contributed by atoms with Crippen molar-refractivity contribution in [1.82, 2.24) is 4.98 Å². The molecule has 2 aromatic carbocycles. The third-order valence-corrected chi connectivity index (χ3v) is 4.79. The van der Waals surface area contributed by atoms with Crippen molar-refractivity contribution < 1.29 is 5.11 Å². The molecule has 0 atom stereocenters. The van der Waals surface area contributed by atoms with Crippen LogP contribution in [0.2, 0.25) is 0 Å². The minimum atomic E-state index is 0.306. The summed E-state index contributed by atoms with van der Waals surface area (Å²) in [5, 5.41) is 12.7. The molecule has 3 aromatic rings. The van der Waals surface area contributed by atoms with Crippen LogP contribution in [0, 0.1) is 0 Å². The summed E-state index contributed by atoms with van der Waals surface area (Å²) < 4.78 is 0.970. The second-order valence-electron chi connectivity index (χ2n) is 4.02. The van der Waals surface area contributed by atoms with Gasteiger partial charge in [0.05, 0.1) is 4.47 Å². The number of nitrogens with zero attached hydrogens (tertiary/aromatic N) is 1. The molecule has 0 saturated heterocycles. The Labute approximate surface area is 123 Å². The van der Waals surface area contributed by atoms with E-state index in [1.807, 2.05) is 42.5 Å². The number of benzene rings is 2. The first kappa shape index (κ1) is 12.5. The minimum absolute atomic E-state index is 0.306. The maximum absolute atomic E-state index is 9.88. The number of hydrogen-bond donors (Lipinski definition) is 1. The Morgan fingerprint density at radius 2 is 1.74 bits per heavy atom. The van der Waals surface area contributed by atoms with Gasteiger partial charge in [0, 0.05) is 16.5 Å². The largest absolute Gasteiger partial charge is 0.507 e. The van der Waals surface area contributed by atoms with E-state index in [0.717, 1.165) is 25.2 Å². The van der Waals surface area contributed by atoms with Gasteiger partial charge < -0.3 is 5.11 Å². The highest BCUT2D eigenvalue weighted by atomic mass is 79.9. The molecule has 19 heavy (non-hydrogen) atoms. The van der Waals surface area contributed by atoms with E-state index in [0.29, 0.717) is 5.75 Å². The number of halogens is 1. The van der Waals surface area contributed by atoms with Crippen LogP contribution in [-0.4, -0.2) is 10.1 Å². The van der Waals surface area contributed by atoms with Crippen molar-refractivity contribution in [3.63, 3.8) is 0 Å². The van der Waals surface area contributed by atoms with Crippen molar-refractivity contribution in [2.45, 2.75) is 9.92 Å². The number of phenolic OH excluding ortho intramolecular Hbond substituents is 1. The van der Waals surface area contributed by atoms with Crippen molar-refractivity contribution >= 4 is 38.5 Å².